The van der Waals surface area contributed by atoms with Crippen molar-refractivity contribution in [1.29, 1.82) is 0 Å². The van der Waals surface area contributed by atoms with E-state index in [2.05, 4.69) is 31.2 Å². The summed E-state index contributed by atoms with van der Waals surface area (Å²) in [5.74, 6) is 1.05. The number of rotatable bonds is 6. The summed E-state index contributed by atoms with van der Waals surface area (Å²) in [5.41, 5.74) is 9.69. The molecule has 0 aliphatic rings. The molecule has 0 heterocycles. The van der Waals surface area contributed by atoms with Gasteiger partial charge in [-0.3, -0.25) is 0 Å². The third-order valence-electron chi connectivity index (χ3n) is 3.83. The molecule has 112 valence electrons. The quantitative estimate of drug-likeness (QED) is 0.868. The molecule has 0 amide bonds. The lowest BCUT2D eigenvalue weighted by Gasteiger charge is -2.19. The monoisotopic (exact) mass is 303 g/mol. The lowest BCUT2D eigenvalue weighted by atomic mass is 9.91. The predicted octanol–water partition coefficient (Wildman–Crippen LogP) is 4.20. The fourth-order valence-electron chi connectivity index (χ4n) is 2.54. The van der Waals surface area contributed by atoms with Gasteiger partial charge in [0.05, 0.1) is 7.11 Å². The molecule has 2 rings (SSSR count). The van der Waals surface area contributed by atoms with Crippen molar-refractivity contribution in [3.63, 3.8) is 0 Å². The van der Waals surface area contributed by atoms with Gasteiger partial charge in [-0.2, -0.15) is 0 Å². The Hall–Kier alpha value is -1.51. The second kappa shape index (κ2) is 7.48. The summed E-state index contributed by atoms with van der Waals surface area (Å²) in [5, 5.41) is 0.714. The van der Waals surface area contributed by atoms with E-state index < -0.39 is 0 Å². The minimum atomic E-state index is 0.200. The van der Waals surface area contributed by atoms with Crippen LogP contribution in [-0.2, 0) is 12.8 Å². The molecule has 0 aliphatic carbocycles. The zero-order chi connectivity index (χ0) is 15.2. The van der Waals surface area contributed by atoms with Gasteiger partial charge < -0.3 is 10.5 Å². The van der Waals surface area contributed by atoms with Crippen LogP contribution in [0.2, 0.25) is 5.02 Å². The molecule has 0 fully saturated rings. The van der Waals surface area contributed by atoms with Crippen molar-refractivity contribution in [2.45, 2.75) is 25.7 Å². The molecule has 0 radical (unpaired) electrons. The van der Waals surface area contributed by atoms with Crippen molar-refractivity contribution in [2.75, 3.05) is 13.7 Å². The molecule has 1 atom stereocenters. The minimum Gasteiger partial charge on any atom is -0.496 e. The molecule has 0 saturated carbocycles. The maximum atomic E-state index is 6.12. The number of benzene rings is 2. The Labute approximate surface area is 131 Å². The van der Waals surface area contributed by atoms with Gasteiger partial charge >= 0.3 is 0 Å². The normalized spacial score (nSPS) is 12.2. The molecule has 0 saturated heterocycles. The summed E-state index contributed by atoms with van der Waals surface area (Å²) in [4.78, 5) is 0. The van der Waals surface area contributed by atoms with Crippen LogP contribution >= 0.6 is 11.6 Å². The van der Waals surface area contributed by atoms with Gasteiger partial charge in [-0.05, 0) is 48.7 Å². The molecule has 2 N–H and O–H groups in total. The number of hydrogen-bond donors (Lipinski definition) is 1. The van der Waals surface area contributed by atoms with Gasteiger partial charge in [0.1, 0.15) is 5.75 Å². The van der Waals surface area contributed by atoms with Crippen LogP contribution in [0.25, 0.3) is 0 Å². The Morgan fingerprint density at radius 3 is 2.33 bits per heavy atom. The molecule has 21 heavy (non-hydrogen) atoms. The zero-order valence-corrected chi connectivity index (χ0v) is 13.4. The molecule has 2 aromatic rings. The van der Waals surface area contributed by atoms with Crippen molar-refractivity contribution < 1.29 is 4.74 Å². The fraction of sp³-hybridized carbons (Fsp3) is 0.333. The highest BCUT2D eigenvalue weighted by Gasteiger charge is 2.16. The van der Waals surface area contributed by atoms with Gasteiger partial charge in [0.25, 0.3) is 0 Å². The Bertz CT molecular complexity index is 580. The van der Waals surface area contributed by atoms with Gasteiger partial charge in [0.2, 0.25) is 0 Å². The Morgan fingerprint density at radius 2 is 1.76 bits per heavy atom. The first kappa shape index (κ1) is 15.9. The summed E-state index contributed by atoms with van der Waals surface area (Å²) in [7, 11) is 1.68. The van der Waals surface area contributed by atoms with Crippen LogP contribution in [0, 0.1) is 0 Å². The van der Waals surface area contributed by atoms with Crippen molar-refractivity contribution in [1.82, 2.24) is 0 Å². The van der Waals surface area contributed by atoms with Gasteiger partial charge in [-0.25, -0.2) is 0 Å². The number of nitrogens with two attached hydrogens (primary N) is 1. The molecule has 3 heteroatoms. The highest BCUT2D eigenvalue weighted by Crippen LogP contribution is 2.31. The molecular weight excluding hydrogens is 282 g/mol. The zero-order valence-electron chi connectivity index (χ0n) is 12.6. The molecular formula is C18H22ClNO. The maximum Gasteiger partial charge on any atom is 0.122 e. The Morgan fingerprint density at radius 1 is 1.10 bits per heavy atom. The lowest BCUT2D eigenvalue weighted by molar-refractivity contribution is 0.405. The van der Waals surface area contributed by atoms with E-state index in [4.69, 9.17) is 22.1 Å². The summed E-state index contributed by atoms with van der Waals surface area (Å²) in [6, 6.07) is 14.4. The largest absolute Gasteiger partial charge is 0.496 e. The van der Waals surface area contributed by atoms with E-state index in [9.17, 15) is 0 Å². The van der Waals surface area contributed by atoms with E-state index in [1.807, 2.05) is 18.2 Å². The summed E-state index contributed by atoms with van der Waals surface area (Å²) < 4.78 is 5.44. The summed E-state index contributed by atoms with van der Waals surface area (Å²) >= 11 is 6.12. The molecule has 0 aliphatic heterocycles. The van der Waals surface area contributed by atoms with Crippen LogP contribution in [0.4, 0.5) is 0 Å². The van der Waals surface area contributed by atoms with Crippen molar-refractivity contribution in [3.8, 4) is 5.75 Å². The van der Waals surface area contributed by atoms with Crippen LogP contribution in [0.3, 0.4) is 0 Å². The SMILES string of the molecule is CCc1ccc(CC(CN)c2cc(Cl)ccc2OC)cc1. The molecule has 0 spiro atoms. The van der Waals surface area contributed by atoms with Crippen molar-refractivity contribution in [2.24, 2.45) is 5.73 Å². The van der Waals surface area contributed by atoms with Gasteiger partial charge in [0, 0.05) is 16.5 Å². The van der Waals surface area contributed by atoms with Gasteiger partial charge in [0.15, 0.2) is 0 Å². The van der Waals surface area contributed by atoms with Crippen molar-refractivity contribution >= 4 is 11.6 Å². The average Bonchev–Trinajstić information content (AvgIpc) is 2.53. The highest BCUT2D eigenvalue weighted by molar-refractivity contribution is 6.30. The number of hydrogen-bond acceptors (Lipinski definition) is 2. The van der Waals surface area contributed by atoms with Gasteiger partial charge in [-0.15, -0.1) is 0 Å². The molecule has 2 aromatic carbocycles. The molecule has 1 unspecified atom stereocenters. The average molecular weight is 304 g/mol. The van der Waals surface area contributed by atoms with Crippen LogP contribution in [-0.4, -0.2) is 13.7 Å². The van der Waals surface area contributed by atoms with Gasteiger partial charge in [-0.1, -0.05) is 42.8 Å². The molecule has 2 nitrogen and oxygen atoms in total. The molecule has 0 aromatic heterocycles. The van der Waals surface area contributed by atoms with E-state index in [1.54, 1.807) is 7.11 Å². The third kappa shape index (κ3) is 3.99. The second-order valence-corrected chi connectivity index (χ2v) is 5.63. The maximum absolute atomic E-state index is 6.12. The number of aryl methyl sites for hydroxylation is 1. The smallest absolute Gasteiger partial charge is 0.122 e. The van der Waals surface area contributed by atoms with E-state index in [-0.39, 0.29) is 5.92 Å². The first-order valence-corrected chi connectivity index (χ1v) is 7.67. The van der Waals surface area contributed by atoms with Crippen molar-refractivity contribution in [3.05, 3.63) is 64.2 Å². The topological polar surface area (TPSA) is 35.2 Å². The highest BCUT2D eigenvalue weighted by atomic mass is 35.5. The van der Waals surface area contributed by atoms with E-state index in [1.165, 1.54) is 11.1 Å². The summed E-state index contributed by atoms with van der Waals surface area (Å²) in [6.07, 6.45) is 1.94. The van der Waals surface area contributed by atoms with E-state index >= 15 is 0 Å². The Balaban J connectivity index is 2.24. The predicted molar refractivity (Wildman–Crippen MR) is 89.3 cm³/mol. The second-order valence-electron chi connectivity index (χ2n) is 5.19. The number of halogens is 1. The minimum absolute atomic E-state index is 0.200. The third-order valence-corrected chi connectivity index (χ3v) is 4.06. The Kier molecular flexibility index (Phi) is 5.66. The first-order chi connectivity index (χ1) is 10.2. The number of methoxy groups -OCH3 is 1. The van der Waals surface area contributed by atoms with E-state index in [0.29, 0.717) is 11.6 Å². The van der Waals surface area contributed by atoms with Crippen LogP contribution in [0.1, 0.15) is 29.5 Å². The number of ether oxygens (including phenoxy) is 1. The van der Waals surface area contributed by atoms with E-state index in [0.717, 1.165) is 24.2 Å². The standard InChI is InChI=1S/C18H22ClNO/c1-3-13-4-6-14(7-5-13)10-15(12-20)17-11-16(19)8-9-18(17)21-2/h4-9,11,15H,3,10,12,20H2,1-2H3. The van der Waals surface area contributed by atoms with Crippen LogP contribution in [0.5, 0.6) is 5.75 Å². The van der Waals surface area contributed by atoms with Crippen LogP contribution in [0.15, 0.2) is 42.5 Å². The lowest BCUT2D eigenvalue weighted by Crippen LogP contribution is -2.16. The van der Waals surface area contributed by atoms with Crippen LogP contribution < -0.4 is 10.5 Å². The summed E-state index contributed by atoms with van der Waals surface area (Å²) in [6.45, 7) is 2.72. The fourth-order valence-corrected chi connectivity index (χ4v) is 2.72. The molecule has 0 bridgehead atoms. The first-order valence-electron chi connectivity index (χ1n) is 7.29.